The summed E-state index contributed by atoms with van der Waals surface area (Å²) in [7, 11) is 0. The van der Waals surface area contributed by atoms with Crippen molar-refractivity contribution in [3.8, 4) is 5.75 Å². The van der Waals surface area contributed by atoms with Crippen molar-refractivity contribution >= 4 is 28.4 Å². The summed E-state index contributed by atoms with van der Waals surface area (Å²) in [6.45, 7) is 1.54. The van der Waals surface area contributed by atoms with E-state index in [1.54, 1.807) is 19.1 Å². The van der Waals surface area contributed by atoms with Crippen LogP contribution in [0.15, 0.2) is 36.4 Å². The Morgan fingerprint density at radius 1 is 1.08 bits per heavy atom. The summed E-state index contributed by atoms with van der Waals surface area (Å²) in [4.78, 5) is 14.4. The van der Waals surface area contributed by atoms with E-state index in [0.29, 0.717) is 4.88 Å². The molecule has 0 saturated carbocycles. The molecule has 3 heterocycles. The number of nitrogens with one attached hydrogen (secondary N) is 2. The quantitative estimate of drug-likeness (QED) is 0.324. The predicted octanol–water partition coefficient (Wildman–Crippen LogP) is 5.18. The smallest absolute Gasteiger partial charge is 0.416 e. The van der Waals surface area contributed by atoms with Gasteiger partial charge in [-0.3, -0.25) is 4.79 Å². The van der Waals surface area contributed by atoms with Gasteiger partial charge in [0, 0.05) is 22.6 Å². The SMILES string of the molecule is Cc1ccc(C2=C(c3nnn[nH]3)C(=O)N[C@@](c3ccc(OCCCC(F)(F)F)cc3)(C(F)(F)F)C2)s1. The minimum absolute atomic E-state index is 0.0630. The van der Waals surface area contributed by atoms with Crippen molar-refractivity contribution in [3.63, 3.8) is 0 Å². The number of hydrogen-bond acceptors (Lipinski definition) is 6. The Bertz CT molecular complexity index is 1250. The van der Waals surface area contributed by atoms with Crippen molar-refractivity contribution in [3.05, 3.63) is 57.5 Å². The number of carbonyl (C=O) groups is 1. The average Bonchev–Trinajstić information content (AvgIpc) is 3.47. The zero-order valence-electron chi connectivity index (χ0n) is 18.6. The maximum Gasteiger partial charge on any atom is 0.416 e. The molecule has 1 atom stereocenters. The normalized spacial score (nSPS) is 18.9. The molecule has 36 heavy (non-hydrogen) atoms. The van der Waals surface area contributed by atoms with E-state index in [9.17, 15) is 31.1 Å². The van der Waals surface area contributed by atoms with Crippen LogP contribution in [0.5, 0.6) is 5.75 Å². The van der Waals surface area contributed by atoms with Crippen LogP contribution >= 0.6 is 11.3 Å². The lowest BCUT2D eigenvalue weighted by Gasteiger charge is -2.41. The highest BCUT2D eigenvalue weighted by molar-refractivity contribution is 7.13. The predicted molar refractivity (Wildman–Crippen MR) is 118 cm³/mol. The molecule has 0 bridgehead atoms. The topological polar surface area (TPSA) is 92.8 Å². The highest BCUT2D eigenvalue weighted by atomic mass is 32.1. The first-order valence-electron chi connectivity index (χ1n) is 10.6. The summed E-state index contributed by atoms with van der Waals surface area (Å²) >= 11 is 1.23. The second-order valence-electron chi connectivity index (χ2n) is 8.14. The molecule has 3 aromatic rings. The van der Waals surface area contributed by atoms with E-state index in [-0.39, 0.29) is 41.3 Å². The van der Waals surface area contributed by atoms with Gasteiger partial charge in [-0.05, 0) is 59.2 Å². The van der Waals surface area contributed by atoms with Crippen molar-refractivity contribution in [2.24, 2.45) is 0 Å². The van der Waals surface area contributed by atoms with E-state index in [0.717, 1.165) is 17.0 Å². The third kappa shape index (κ3) is 5.22. The van der Waals surface area contributed by atoms with Gasteiger partial charge in [0.2, 0.25) is 0 Å². The van der Waals surface area contributed by atoms with Crippen molar-refractivity contribution in [2.45, 2.75) is 44.1 Å². The van der Waals surface area contributed by atoms with Crippen molar-refractivity contribution in [1.82, 2.24) is 25.9 Å². The molecule has 1 aliphatic heterocycles. The third-order valence-corrected chi connectivity index (χ3v) is 6.68. The molecule has 1 aliphatic rings. The van der Waals surface area contributed by atoms with Crippen molar-refractivity contribution in [1.29, 1.82) is 0 Å². The van der Waals surface area contributed by atoms with Crippen LogP contribution in [0.2, 0.25) is 0 Å². The molecule has 0 fully saturated rings. The summed E-state index contributed by atoms with van der Waals surface area (Å²) in [6, 6.07) is 8.12. The molecule has 0 aliphatic carbocycles. The fourth-order valence-electron chi connectivity index (χ4n) is 3.92. The van der Waals surface area contributed by atoms with Gasteiger partial charge in [0.1, 0.15) is 5.75 Å². The molecule has 1 aromatic carbocycles. The maximum atomic E-state index is 14.7. The third-order valence-electron chi connectivity index (χ3n) is 5.62. The second-order valence-corrected chi connectivity index (χ2v) is 9.43. The van der Waals surface area contributed by atoms with Crippen LogP contribution in [0, 0.1) is 6.92 Å². The van der Waals surface area contributed by atoms with Crippen molar-refractivity contribution < 1.29 is 35.9 Å². The number of aromatic nitrogens is 4. The number of aromatic amines is 1. The summed E-state index contributed by atoms with van der Waals surface area (Å²) in [5.41, 5.74) is -3.00. The number of thiophene rings is 1. The van der Waals surface area contributed by atoms with E-state index in [4.69, 9.17) is 4.74 Å². The number of nitrogens with zero attached hydrogens (tertiary/aromatic N) is 3. The minimum atomic E-state index is -4.90. The Morgan fingerprint density at radius 2 is 1.81 bits per heavy atom. The fraction of sp³-hybridized carbons (Fsp3) is 0.364. The molecule has 1 amide bonds. The van der Waals surface area contributed by atoms with Gasteiger partial charge in [-0.25, -0.2) is 5.10 Å². The zero-order valence-corrected chi connectivity index (χ0v) is 19.4. The molecule has 0 spiro atoms. The molecule has 14 heteroatoms. The van der Waals surface area contributed by atoms with Gasteiger partial charge < -0.3 is 10.1 Å². The standard InChI is InChI=1S/C22H19F6N5O2S/c1-12-3-8-16(36-12)15-11-20(22(26,27)28,29-19(34)17(15)18-30-32-33-31-18)13-4-6-14(7-5-13)35-10-2-9-21(23,24)25/h3-8H,2,9-11H2,1H3,(H,29,34)(H,30,31,32,33)/t20-/m0/s1. The van der Waals surface area contributed by atoms with Crippen LogP contribution in [0.4, 0.5) is 26.3 Å². The molecular formula is C22H19F6N5O2S. The van der Waals surface area contributed by atoms with Crippen LogP contribution in [0.1, 0.15) is 40.4 Å². The van der Waals surface area contributed by atoms with Gasteiger partial charge in [0.25, 0.3) is 5.91 Å². The lowest BCUT2D eigenvalue weighted by molar-refractivity contribution is -0.201. The van der Waals surface area contributed by atoms with Crippen LogP contribution < -0.4 is 10.1 Å². The molecule has 0 saturated heterocycles. The molecule has 0 unspecified atom stereocenters. The molecule has 2 N–H and O–H groups in total. The molecule has 7 nitrogen and oxygen atoms in total. The molecule has 2 aromatic heterocycles. The highest BCUT2D eigenvalue weighted by Crippen LogP contribution is 2.50. The number of rotatable bonds is 7. The molecule has 0 radical (unpaired) electrons. The zero-order chi connectivity index (χ0) is 26.1. The summed E-state index contributed by atoms with van der Waals surface area (Å²) in [5, 5.41) is 15.1. The molecule has 192 valence electrons. The summed E-state index contributed by atoms with van der Waals surface area (Å²) in [6.07, 6.45) is -11.2. The van der Waals surface area contributed by atoms with Gasteiger partial charge in [-0.2, -0.15) is 26.3 Å². The average molecular weight is 531 g/mol. The van der Waals surface area contributed by atoms with Gasteiger partial charge >= 0.3 is 12.4 Å². The second kappa shape index (κ2) is 9.56. The number of H-pyrrole nitrogens is 1. The van der Waals surface area contributed by atoms with E-state index < -0.39 is 36.6 Å². The Balaban J connectivity index is 1.69. The Morgan fingerprint density at radius 3 is 2.36 bits per heavy atom. The fourth-order valence-corrected chi connectivity index (χ4v) is 4.84. The number of carbonyl (C=O) groups excluding carboxylic acids is 1. The van der Waals surface area contributed by atoms with Gasteiger partial charge in [0.15, 0.2) is 11.4 Å². The lowest BCUT2D eigenvalue weighted by atomic mass is 9.78. The number of hydrogen-bond donors (Lipinski definition) is 2. The largest absolute Gasteiger partial charge is 0.494 e. The van der Waals surface area contributed by atoms with E-state index in [1.165, 1.54) is 23.5 Å². The molecule has 4 rings (SSSR count). The number of benzene rings is 1. The number of alkyl halides is 6. The highest BCUT2D eigenvalue weighted by Gasteiger charge is 2.60. The van der Waals surface area contributed by atoms with Crippen LogP contribution in [-0.2, 0) is 10.3 Å². The number of tetrazole rings is 1. The van der Waals surface area contributed by atoms with Gasteiger partial charge in [-0.1, -0.05) is 12.1 Å². The maximum absolute atomic E-state index is 14.7. The first kappa shape index (κ1) is 25.7. The minimum Gasteiger partial charge on any atom is -0.494 e. The number of halogens is 6. The number of aryl methyl sites for hydroxylation is 1. The number of amides is 1. The van der Waals surface area contributed by atoms with E-state index in [2.05, 4.69) is 25.9 Å². The Labute approximate surface area is 204 Å². The van der Waals surface area contributed by atoms with Crippen LogP contribution in [0.3, 0.4) is 0 Å². The Kier molecular flexibility index (Phi) is 6.82. The van der Waals surface area contributed by atoms with Gasteiger partial charge in [0.05, 0.1) is 12.2 Å². The first-order chi connectivity index (χ1) is 16.9. The van der Waals surface area contributed by atoms with Crippen LogP contribution in [0.25, 0.3) is 11.1 Å². The Hall–Kier alpha value is -3.42. The lowest BCUT2D eigenvalue weighted by Crippen LogP contribution is -2.58. The van der Waals surface area contributed by atoms with Crippen molar-refractivity contribution in [2.75, 3.05) is 6.61 Å². The monoisotopic (exact) mass is 531 g/mol. The first-order valence-corrected chi connectivity index (χ1v) is 11.4. The summed E-state index contributed by atoms with van der Waals surface area (Å²) < 4.78 is 86.1. The van der Waals surface area contributed by atoms with E-state index in [1.807, 2.05) is 0 Å². The van der Waals surface area contributed by atoms with E-state index >= 15 is 0 Å². The molecular weight excluding hydrogens is 512 g/mol. The van der Waals surface area contributed by atoms with Crippen LogP contribution in [-0.4, -0.2) is 45.5 Å². The summed E-state index contributed by atoms with van der Waals surface area (Å²) in [5.74, 6) is -0.962. The van der Waals surface area contributed by atoms with Gasteiger partial charge in [-0.15, -0.1) is 16.4 Å². The number of ether oxygens (including phenoxy) is 1.